The summed E-state index contributed by atoms with van der Waals surface area (Å²) in [5, 5.41) is 3.55. The number of ether oxygens (including phenoxy) is 1. The van der Waals surface area contributed by atoms with Gasteiger partial charge in [-0.1, -0.05) is 30.7 Å². The van der Waals surface area contributed by atoms with Crippen LogP contribution in [0.2, 0.25) is 0 Å². The van der Waals surface area contributed by atoms with Crippen LogP contribution in [0.25, 0.3) is 0 Å². The van der Waals surface area contributed by atoms with Crippen molar-refractivity contribution in [1.29, 1.82) is 0 Å². The Kier molecular flexibility index (Phi) is 6.42. The molecule has 0 saturated carbocycles. The molecule has 1 saturated heterocycles. The summed E-state index contributed by atoms with van der Waals surface area (Å²) in [6, 6.07) is 15.5. The van der Waals surface area contributed by atoms with Crippen LogP contribution in [0.5, 0.6) is 5.75 Å². The van der Waals surface area contributed by atoms with Crippen molar-refractivity contribution in [2.45, 2.75) is 31.8 Å². The summed E-state index contributed by atoms with van der Waals surface area (Å²) in [5.74, 6) is 0.702. The van der Waals surface area contributed by atoms with Gasteiger partial charge in [0.1, 0.15) is 11.6 Å². The van der Waals surface area contributed by atoms with Crippen LogP contribution in [-0.2, 0) is 6.54 Å². The maximum absolute atomic E-state index is 13.0. The molecule has 134 valence electrons. The predicted octanol–water partition coefficient (Wildman–Crippen LogP) is 4.15. The van der Waals surface area contributed by atoms with Crippen LogP contribution in [0.15, 0.2) is 48.5 Å². The number of nitrogens with zero attached hydrogens (tertiary/aromatic N) is 1. The molecule has 1 fully saturated rings. The third kappa shape index (κ3) is 5.03. The average Bonchev–Trinajstić information content (AvgIpc) is 2.67. The second-order valence-electron chi connectivity index (χ2n) is 6.64. The summed E-state index contributed by atoms with van der Waals surface area (Å²) in [6.45, 7) is 3.92. The number of methoxy groups -OCH3 is 1. The van der Waals surface area contributed by atoms with Gasteiger partial charge in [0.15, 0.2) is 0 Å². The molecule has 25 heavy (non-hydrogen) atoms. The fourth-order valence-corrected chi connectivity index (χ4v) is 3.47. The molecule has 0 radical (unpaired) electrons. The van der Waals surface area contributed by atoms with Crippen LogP contribution in [-0.4, -0.2) is 31.6 Å². The molecule has 1 atom stereocenters. The number of rotatable bonds is 7. The first-order chi connectivity index (χ1) is 12.3. The van der Waals surface area contributed by atoms with E-state index in [4.69, 9.17) is 4.74 Å². The van der Waals surface area contributed by atoms with Crippen LogP contribution in [0.4, 0.5) is 4.39 Å². The molecule has 0 amide bonds. The van der Waals surface area contributed by atoms with Crippen LogP contribution in [0.1, 0.15) is 36.4 Å². The van der Waals surface area contributed by atoms with Gasteiger partial charge in [-0.05, 0) is 61.3 Å². The van der Waals surface area contributed by atoms with Crippen LogP contribution in [0, 0.1) is 5.82 Å². The van der Waals surface area contributed by atoms with Gasteiger partial charge < -0.3 is 10.1 Å². The molecule has 3 nitrogen and oxygen atoms in total. The Hall–Kier alpha value is -1.91. The molecule has 3 rings (SSSR count). The summed E-state index contributed by atoms with van der Waals surface area (Å²) in [4.78, 5) is 2.57. The van der Waals surface area contributed by atoms with Gasteiger partial charge in [-0.15, -0.1) is 0 Å². The maximum Gasteiger partial charge on any atom is 0.123 e. The van der Waals surface area contributed by atoms with Crippen LogP contribution < -0.4 is 10.1 Å². The molecule has 1 heterocycles. The number of hydrogen-bond acceptors (Lipinski definition) is 3. The highest BCUT2D eigenvalue weighted by molar-refractivity contribution is 5.29. The first kappa shape index (κ1) is 17.9. The summed E-state index contributed by atoms with van der Waals surface area (Å²) in [7, 11) is 1.70. The number of halogens is 1. The van der Waals surface area contributed by atoms with E-state index in [-0.39, 0.29) is 5.82 Å². The Morgan fingerprint density at radius 2 is 1.68 bits per heavy atom. The number of nitrogens with one attached hydrogen (secondary N) is 1. The Labute approximate surface area is 149 Å². The van der Waals surface area contributed by atoms with E-state index in [1.54, 1.807) is 7.11 Å². The van der Waals surface area contributed by atoms with E-state index < -0.39 is 0 Å². The first-order valence-electron chi connectivity index (χ1n) is 9.09. The Morgan fingerprint density at radius 3 is 2.32 bits per heavy atom. The van der Waals surface area contributed by atoms with Crippen molar-refractivity contribution >= 4 is 0 Å². The lowest BCUT2D eigenvalue weighted by atomic mass is 10.0. The van der Waals surface area contributed by atoms with E-state index in [1.807, 2.05) is 24.3 Å². The van der Waals surface area contributed by atoms with Crippen molar-refractivity contribution in [2.75, 3.05) is 26.7 Å². The number of piperidine rings is 1. The molecule has 1 aliphatic rings. The quantitative estimate of drug-likeness (QED) is 0.818. The van der Waals surface area contributed by atoms with Gasteiger partial charge in [-0.2, -0.15) is 0 Å². The van der Waals surface area contributed by atoms with Crippen LogP contribution in [0.3, 0.4) is 0 Å². The molecule has 0 bridgehead atoms. The number of hydrogen-bond donors (Lipinski definition) is 1. The third-order valence-corrected chi connectivity index (χ3v) is 4.91. The second-order valence-corrected chi connectivity index (χ2v) is 6.64. The van der Waals surface area contributed by atoms with Gasteiger partial charge in [-0.3, -0.25) is 4.90 Å². The lowest BCUT2D eigenvalue weighted by molar-refractivity contribution is 0.160. The van der Waals surface area contributed by atoms with E-state index >= 15 is 0 Å². The highest BCUT2D eigenvalue weighted by atomic mass is 19.1. The Bertz CT molecular complexity index is 636. The largest absolute Gasteiger partial charge is 0.497 e. The smallest absolute Gasteiger partial charge is 0.123 e. The van der Waals surface area contributed by atoms with Gasteiger partial charge >= 0.3 is 0 Å². The van der Waals surface area contributed by atoms with E-state index in [1.165, 1.54) is 37.0 Å². The molecule has 1 unspecified atom stereocenters. The zero-order valence-corrected chi connectivity index (χ0v) is 14.9. The topological polar surface area (TPSA) is 24.5 Å². The summed E-state index contributed by atoms with van der Waals surface area (Å²) in [6.07, 6.45) is 3.87. The molecule has 2 aromatic rings. The molecule has 4 heteroatoms. The highest BCUT2D eigenvalue weighted by Gasteiger charge is 2.22. The van der Waals surface area contributed by atoms with Gasteiger partial charge in [0, 0.05) is 19.1 Å². The minimum Gasteiger partial charge on any atom is -0.497 e. The standard InChI is InChI=1S/C21H27FN2O/c1-25-20-11-7-18(8-12-20)21(24-13-3-2-4-14-24)16-23-15-17-5-9-19(22)10-6-17/h5-12,21,23H,2-4,13-16H2,1H3. The van der Waals surface area contributed by atoms with Gasteiger partial charge in [0.2, 0.25) is 0 Å². The van der Waals surface area contributed by atoms with E-state index in [0.717, 1.165) is 37.5 Å². The van der Waals surface area contributed by atoms with Gasteiger partial charge in [0.25, 0.3) is 0 Å². The lowest BCUT2D eigenvalue weighted by Crippen LogP contribution is -2.39. The monoisotopic (exact) mass is 342 g/mol. The van der Waals surface area contributed by atoms with E-state index in [9.17, 15) is 4.39 Å². The molecule has 0 aliphatic carbocycles. The molecule has 1 aliphatic heterocycles. The highest BCUT2D eigenvalue weighted by Crippen LogP contribution is 2.26. The van der Waals surface area contributed by atoms with Crippen molar-refractivity contribution in [1.82, 2.24) is 10.2 Å². The zero-order valence-electron chi connectivity index (χ0n) is 14.9. The molecular weight excluding hydrogens is 315 g/mol. The normalized spacial score (nSPS) is 16.6. The van der Waals surface area contributed by atoms with Crippen molar-refractivity contribution < 1.29 is 9.13 Å². The minimum absolute atomic E-state index is 0.187. The summed E-state index contributed by atoms with van der Waals surface area (Å²) < 4.78 is 18.3. The molecule has 2 aromatic carbocycles. The van der Waals surface area contributed by atoms with Crippen LogP contribution >= 0.6 is 0 Å². The maximum atomic E-state index is 13.0. The minimum atomic E-state index is -0.187. The fraction of sp³-hybridized carbons (Fsp3) is 0.429. The Morgan fingerprint density at radius 1 is 1.00 bits per heavy atom. The van der Waals surface area contributed by atoms with Crippen molar-refractivity contribution in [3.05, 3.63) is 65.5 Å². The second kappa shape index (κ2) is 8.97. The van der Waals surface area contributed by atoms with Gasteiger partial charge in [0.05, 0.1) is 7.11 Å². The van der Waals surface area contributed by atoms with Gasteiger partial charge in [-0.25, -0.2) is 4.39 Å². The fourth-order valence-electron chi connectivity index (χ4n) is 3.47. The van der Waals surface area contributed by atoms with E-state index in [2.05, 4.69) is 22.3 Å². The molecular formula is C21H27FN2O. The lowest BCUT2D eigenvalue weighted by Gasteiger charge is -2.35. The van der Waals surface area contributed by atoms with Crippen molar-refractivity contribution in [2.24, 2.45) is 0 Å². The number of likely N-dealkylation sites (tertiary alicyclic amines) is 1. The molecule has 0 aromatic heterocycles. The summed E-state index contributed by atoms with van der Waals surface area (Å²) >= 11 is 0. The zero-order chi connectivity index (χ0) is 17.5. The summed E-state index contributed by atoms with van der Waals surface area (Å²) in [5.41, 5.74) is 2.42. The SMILES string of the molecule is COc1ccc(C(CNCc2ccc(F)cc2)N2CCCCC2)cc1. The Balaban J connectivity index is 1.65. The predicted molar refractivity (Wildman–Crippen MR) is 99.3 cm³/mol. The molecule has 1 N–H and O–H groups in total. The third-order valence-electron chi connectivity index (χ3n) is 4.91. The molecule has 0 spiro atoms. The van der Waals surface area contributed by atoms with Crippen molar-refractivity contribution in [3.63, 3.8) is 0 Å². The van der Waals surface area contributed by atoms with E-state index in [0.29, 0.717) is 6.04 Å². The van der Waals surface area contributed by atoms with Crippen molar-refractivity contribution in [3.8, 4) is 5.75 Å². The first-order valence-corrected chi connectivity index (χ1v) is 9.09. The average molecular weight is 342 g/mol. The number of benzene rings is 2.